The highest BCUT2D eigenvalue weighted by Crippen LogP contribution is 2.25. The standard InChI is InChI=1S/C15H15FN8O2/c1-9-6-24(20-17-9)14-4-3-11(5-13(14)16)22-7-12(26-15(22)25)8-23-10(2)18-19-21-23/h3-6,12H,7-8H2,1-2H3/t12-/m1/s1. The molecule has 0 N–H and O–H groups in total. The lowest BCUT2D eigenvalue weighted by Crippen LogP contribution is -2.26. The molecule has 1 aliphatic heterocycles. The maximum absolute atomic E-state index is 14.5. The number of benzene rings is 1. The first-order valence-corrected chi connectivity index (χ1v) is 7.91. The number of hydrogen-bond acceptors (Lipinski definition) is 7. The summed E-state index contributed by atoms with van der Waals surface area (Å²) in [5, 5.41) is 18.9. The minimum Gasteiger partial charge on any atom is -0.442 e. The van der Waals surface area contributed by atoms with Gasteiger partial charge < -0.3 is 4.74 Å². The zero-order chi connectivity index (χ0) is 18.3. The number of aryl methyl sites for hydroxylation is 2. The Hall–Kier alpha value is -3.37. The number of amides is 1. The summed E-state index contributed by atoms with van der Waals surface area (Å²) in [5.74, 6) is 0.109. The number of cyclic esters (lactones) is 1. The Bertz CT molecular complexity index is 968. The van der Waals surface area contributed by atoms with E-state index in [4.69, 9.17) is 4.74 Å². The molecule has 0 spiro atoms. The molecule has 0 unspecified atom stereocenters. The van der Waals surface area contributed by atoms with E-state index < -0.39 is 18.0 Å². The number of hydrogen-bond donors (Lipinski definition) is 0. The van der Waals surface area contributed by atoms with Crippen LogP contribution in [0.25, 0.3) is 5.69 Å². The van der Waals surface area contributed by atoms with Crippen LogP contribution in [0.3, 0.4) is 0 Å². The molecule has 1 aliphatic rings. The molecule has 1 saturated heterocycles. The van der Waals surface area contributed by atoms with E-state index in [0.29, 0.717) is 23.8 Å². The lowest BCUT2D eigenvalue weighted by atomic mass is 10.2. The van der Waals surface area contributed by atoms with Gasteiger partial charge >= 0.3 is 6.09 Å². The van der Waals surface area contributed by atoms with E-state index in [9.17, 15) is 9.18 Å². The zero-order valence-corrected chi connectivity index (χ0v) is 14.1. The van der Waals surface area contributed by atoms with Gasteiger partial charge in [0.05, 0.1) is 30.7 Å². The maximum Gasteiger partial charge on any atom is 0.414 e. The average molecular weight is 358 g/mol. The first-order chi connectivity index (χ1) is 12.5. The van der Waals surface area contributed by atoms with Crippen LogP contribution < -0.4 is 4.90 Å². The molecule has 0 saturated carbocycles. The van der Waals surface area contributed by atoms with E-state index >= 15 is 0 Å². The van der Waals surface area contributed by atoms with Crippen LogP contribution in [0.2, 0.25) is 0 Å². The number of nitrogens with zero attached hydrogens (tertiary/aromatic N) is 8. The van der Waals surface area contributed by atoms with Crippen molar-refractivity contribution in [2.45, 2.75) is 26.5 Å². The van der Waals surface area contributed by atoms with Crippen molar-refractivity contribution in [1.82, 2.24) is 35.2 Å². The molecule has 1 aromatic carbocycles. The number of halogens is 1. The van der Waals surface area contributed by atoms with Gasteiger partial charge in [-0.3, -0.25) is 4.90 Å². The van der Waals surface area contributed by atoms with Crippen molar-refractivity contribution < 1.29 is 13.9 Å². The SMILES string of the molecule is Cc1cn(-c2ccc(N3C[C@H](Cn4nnnc4C)OC3=O)cc2F)nn1. The molecule has 10 nitrogen and oxygen atoms in total. The molecule has 134 valence electrons. The number of aromatic nitrogens is 7. The summed E-state index contributed by atoms with van der Waals surface area (Å²) in [7, 11) is 0. The van der Waals surface area contributed by atoms with Crippen molar-refractivity contribution in [3.8, 4) is 5.69 Å². The quantitative estimate of drug-likeness (QED) is 0.686. The topological polar surface area (TPSA) is 104 Å². The molecular weight excluding hydrogens is 343 g/mol. The molecule has 0 aliphatic carbocycles. The highest BCUT2D eigenvalue weighted by Gasteiger charge is 2.33. The molecular formula is C15H15FN8O2. The summed E-state index contributed by atoms with van der Waals surface area (Å²) in [5.41, 5.74) is 1.34. The normalized spacial score (nSPS) is 17.0. The van der Waals surface area contributed by atoms with Crippen molar-refractivity contribution in [3.05, 3.63) is 41.7 Å². The van der Waals surface area contributed by atoms with Gasteiger partial charge in [0, 0.05) is 0 Å². The lowest BCUT2D eigenvalue weighted by Gasteiger charge is -2.14. The van der Waals surface area contributed by atoms with Crippen LogP contribution in [0.4, 0.5) is 14.9 Å². The molecule has 26 heavy (non-hydrogen) atoms. The average Bonchev–Trinajstić information content (AvgIpc) is 3.30. The summed E-state index contributed by atoms with van der Waals surface area (Å²) in [6.07, 6.45) is 0.655. The smallest absolute Gasteiger partial charge is 0.414 e. The van der Waals surface area contributed by atoms with E-state index in [-0.39, 0.29) is 12.2 Å². The molecule has 11 heteroatoms. The number of tetrazole rings is 1. The minimum atomic E-state index is -0.538. The Morgan fingerprint density at radius 3 is 2.77 bits per heavy atom. The molecule has 4 rings (SSSR count). The monoisotopic (exact) mass is 358 g/mol. The molecule has 0 bridgehead atoms. The van der Waals surface area contributed by atoms with Crippen molar-refractivity contribution in [3.63, 3.8) is 0 Å². The Balaban J connectivity index is 1.53. The minimum absolute atomic E-state index is 0.253. The van der Waals surface area contributed by atoms with Crippen molar-refractivity contribution in [2.24, 2.45) is 0 Å². The van der Waals surface area contributed by atoms with Gasteiger partial charge in [-0.05, 0) is 42.5 Å². The van der Waals surface area contributed by atoms with Gasteiger partial charge in [-0.1, -0.05) is 5.21 Å². The van der Waals surface area contributed by atoms with Crippen LogP contribution in [0, 0.1) is 19.7 Å². The van der Waals surface area contributed by atoms with Gasteiger partial charge in [0.2, 0.25) is 0 Å². The van der Waals surface area contributed by atoms with Gasteiger partial charge in [-0.2, -0.15) is 0 Å². The summed E-state index contributed by atoms with van der Waals surface area (Å²) >= 11 is 0. The third-order valence-electron chi connectivity index (χ3n) is 4.06. The summed E-state index contributed by atoms with van der Waals surface area (Å²) in [6.45, 7) is 4.14. The van der Waals surface area contributed by atoms with Crippen molar-refractivity contribution in [2.75, 3.05) is 11.4 Å². The number of ether oxygens (including phenoxy) is 1. The molecule has 2 aromatic heterocycles. The number of anilines is 1. The number of carbonyl (C=O) groups is 1. The fourth-order valence-electron chi connectivity index (χ4n) is 2.75. The summed E-state index contributed by atoms with van der Waals surface area (Å²) in [4.78, 5) is 13.5. The van der Waals surface area contributed by atoms with Crippen molar-refractivity contribution >= 4 is 11.8 Å². The first-order valence-electron chi connectivity index (χ1n) is 7.91. The highest BCUT2D eigenvalue weighted by molar-refractivity contribution is 5.89. The predicted octanol–water partition coefficient (Wildman–Crippen LogP) is 1.04. The van der Waals surface area contributed by atoms with Crippen LogP contribution in [0.15, 0.2) is 24.4 Å². The molecule has 3 aromatic rings. The van der Waals surface area contributed by atoms with E-state index in [2.05, 4.69) is 25.8 Å². The largest absolute Gasteiger partial charge is 0.442 e. The highest BCUT2D eigenvalue weighted by atomic mass is 19.1. The predicted molar refractivity (Wildman–Crippen MR) is 86.2 cm³/mol. The fraction of sp³-hybridized carbons (Fsp3) is 0.333. The second kappa shape index (κ2) is 6.17. The summed E-state index contributed by atoms with van der Waals surface area (Å²) < 4.78 is 22.7. The maximum atomic E-state index is 14.5. The third-order valence-corrected chi connectivity index (χ3v) is 4.06. The number of rotatable bonds is 4. The summed E-state index contributed by atoms with van der Waals surface area (Å²) in [6, 6.07) is 4.46. The van der Waals surface area contributed by atoms with Gasteiger partial charge in [-0.15, -0.1) is 10.2 Å². The Kier molecular flexibility index (Phi) is 3.82. The van der Waals surface area contributed by atoms with Crippen LogP contribution in [-0.2, 0) is 11.3 Å². The zero-order valence-electron chi connectivity index (χ0n) is 14.1. The van der Waals surface area contributed by atoms with E-state index in [1.54, 1.807) is 36.9 Å². The second-order valence-corrected chi connectivity index (χ2v) is 5.96. The first kappa shape index (κ1) is 16.1. The van der Waals surface area contributed by atoms with E-state index in [1.165, 1.54) is 15.6 Å². The van der Waals surface area contributed by atoms with Gasteiger partial charge in [0.25, 0.3) is 0 Å². The third kappa shape index (κ3) is 2.87. The van der Waals surface area contributed by atoms with Crippen molar-refractivity contribution in [1.29, 1.82) is 0 Å². The van der Waals surface area contributed by atoms with Crippen LogP contribution in [0.1, 0.15) is 11.5 Å². The second-order valence-electron chi connectivity index (χ2n) is 5.96. The molecule has 1 atom stereocenters. The van der Waals surface area contributed by atoms with E-state index in [1.807, 2.05) is 0 Å². The van der Waals surface area contributed by atoms with Crippen LogP contribution in [0.5, 0.6) is 0 Å². The molecule has 1 amide bonds. The van der Waals surface area contributed by atoms with Gasteiger partial charge in [0.1, 0.15) is 17.6 Å². The number of carbonyl (C=O) groups excluding carboxylic acids is 1. The Labute approximate surface area is 147 Å². The Morgan fingerprint density at radius 2 is 2.12 bits per heavy atom. The van der Waals surface area contributed by atoms with Gasteiger partial charge in [-0.25, -0.2) is 18.5 Å². The lowest BCUT2D eigenvalue weighted by molar-refractivity contribution is 0.128. The van der Waals surface area contributed by atoms with E-state index in [0.717, 1.165) is 0 Å². The fourth-order valence-corrected chi connectivity index (χ4v) is 2.75. The van der Waals surface area contributed by atoms with Crippen LogP contribution in [-0.4, -0.2) is 53.9 Å². The molecule has 0 radical (unpaired) electrons. The molecule has 1 fully saturated rings. The van der Waals surface area contributed by atoms with Crippen LogP contribution >= 0.6 is 0 Å². The Morgan fingerprint density at radius 1 is 1.27 bits per heavy atom. The molecule has 3 heterocycles. The van der Waals surface area contributed by atoms with Gasteiger partial charge in [0.15, 0.2) is 5.82 Å².